The number of halogens is 1. The van der Waals surface area contributed by atoms with Gasteiger partial charge in [-0.1, -0.05) is 0 Å². The van der Waals surface area contributed by atoms with E-state index in [0.29, 0.717) is 18.3 Å². The van der Waals surface area contributed by atoms with Crippen molar-refractivity contribution in [2.75, 3.05) is 7.11 Å². The number of methoxy groups -OCH3 is 1. The highest BCUT2D eigenvalue weighted by molar-refractivity contribution is 9.10. The molecule has 0 radical (unpaired) electrons. The lowest BCUT2D eigenvalue weighted by Gasteiger charge is -2.13. The van der Waals surface area contributed by atoms with Crippen molar-refractivity contribution in [2.24, 2.45) is 0 Å². The first kappa shape index (κ1) is 12.4. The molecule has 17 heavy (non-hydrogen) atoms. The number of hydrogen-bond donors (Lipinski definition) is 0. The second-order valence-corrected chi connectivity index (χ2v) is 5.16. The highest BCUT2D eigenvalue weighted by atomic mass is 79.9. The average Bonchev–Trinajstić information content (AvgIpc) is 3.04. The summed E-state index contributed by atoms with van der Waals surface area (Å²) in [6, 6.07) is 3.78. The van der Waals surface area contributed by atoms with E-state index < -0.39 is 0 Å². The van der Waals surface area contributed by atoms with Gasteiger partial charge in [-0.05, 0) is 53.4 Å². The summed E-state index contributed by atoms with van der Waals surface area (Å²) in [6.45, 7) is 1.58. The van der Waals surface area contributed by atoms with E-state index in [-0.39, 0.29) is 5.78 Å². The Morgan fingerprint density at radius 3 is 2.71 bits per heavy atom. The topological polar surface area (TPSA) is 35.5 Å². The zero-order valence-electron chi connectivity index (χ0n) is 9.96. The van der Waals surface area contributed by atoms with E-state index in [4.69, 9.17) is 9.47 Å². The fourth-order valence-corrected chi connectivity index (χ4v) is 2.21. The fourth-order valence-electron chi connectivity index (χ4n) is 1.63. The van der Waals surface area contributed by atoms with Crippen molar-refractivity contribution in [3.05, 3.63) is 22.2 Å². The SMILES string of the molecule is COc1cc(CC(C)=O)cc(Br)c1OC1CC1. The molecule has 4 heteroatoms. The monoisotopic (exact) mass is 298 g/mol. The third-order valence-electron chi connectivity index (χ3n) is 2.55. The van der Waals surface area contributed by atoms with Gasteiger partial charge in [0.05, 0.1) is 17.7 Å². The molecule has 0 aliphatic heterocycles. The van der Waals surface area contributed by atoms with Gasteiger partial charge in [-0.25, -0.2) is 0 Å². The van der Waals surface area contributed by atoms with Crippen LogP contribution in [0.1, 0.15) is 25.3 Å². The van der Waals surface area contributed by atoms with Crippen LogP contribution in [0.4, 0.5) is 0 Å². The molecule has 2 rings (SSSR count). The molecular formula is C13H15BrO3. The zero-order chi connectivity index (χ0) is 12.4. The first-order chi connectivity index (χ1) is 8.10. The van der Waals surface area contributed by atoms with Crippen molar-refractivity contribution in [3.63, 3.8) is 0 Å². The summed E-state index contributed by atoms with van der Waals surface area (Å²) in [5.74, 6) is 1.56. The molecule has 1 aliphatic rings. The summed E-state index contributed by atoms with van der Waals surface area (Å²) in [5, 5.41) is 0. The summed E-state index contributed by atoms with van der Waals surface area (Å²) in [5.41, 5.74) is 0.935. The molecule has 0 atom stereocenters. The lowest BCUT2D eigenvalue weighted by Crippen LogP contribution is -2.02. The minimum absolute atomic E-state index is 0.134. The number of benzene rings is 1. The molecule has 0 aromatic heterocycles. The Morgan fingerprint density at radius 2 is 2.18 bits per heavy atom. The summed E-state index contributed by atoms with van der Waals surface area (Å²) < 4.78 is 11.9. The summed E-state index contributed by atoms with van der Waals surface area (Å²) >= 11 is 3.47. The first-order valence-corrected chi connectivity index (χ1v) is 6.42. The quantitative estimate of drug-likeness (QED) is 0.838. The number of hydrogen-bond acceptors (Lipinski definition) is 3. The Balaban J connectivity index is 2.28. The van der Waals surface area contributed by atoms with Crippen LogP contribution in [0.25, 0.3) is 0 Å². The van der Waals surface area contributed by atoms with E-state index in [1.165, 1.54) is 0 Å². The number of carbonyl (C=O) groups is 1. The molecule has 92 valence electrons. The van der Waals surface area contributed by atoms with E-state index in [2.05, 4.69) is 15.9 Å². The van der Waals surface area contributed by atoms with Gasteiger partial charge in [0, 0.05) is 6.42 Å². The smallest absolute Gasteiger partial charge is 0.175 e. The minimum Gasteiger partial charge on any atom is -0.493 e. The molecule has 3 nitrogen and oxygen atoms in total. The molecular weight excluding hydrogens is 284 g/mol. The Labute approximate surface area is 109 Å². The van der Waals surface area contributed by atoms with Crippen molar-refractivity contribution in [1.29, 1.82) is 0 Å². The molecule has 0 bridgehead atoms. The maximum atomic E-state index is 11.1. The van der Waals surface area contributed by atoms with Crippen LogP contribution in [0.15, 0.2) is 16.6 Å². The zero-order valence-corrected chi connectivity index (χ0v) is 11.5. The predicted molar refractivity (Wildman–Crippen MR) is 68.7 cm³/mol. The average molecular weight is 299 g/mol. The number of carbonyl (C=O) groups excluding carboxylic acids is 1. The number of Topliss-reactive ketones (excluding diaryl/α,β-unsaturated/α-hetero) is 1. The third-order valence-corrected chi connectivity index (χ3v) is 3.14. The standard InChI is InChI=1S/C13H15BrO3/c1-8(15)5-9-6-11(14)13(12(7-9)16-2)17-10-3-4-10/h6-7,10H,3-5H2,1-2H3. The number of rotatable bonds is 5. The predicted octanol–water partition coefficient (Wildman–Crippen LogP) is 3.13. The van der Waals surface area contributed by atoms with Crippen molar-refractivity contribution in [1.82, 2.24) is 0 Å². The molecule has 1 saturated carbocycles. The van der Waals surface area contributed by atoms with E-state index in [1.54, 1.807) is 14.0 Å². The summed E-state index contributed by atoms with van der Waals surface area (Å²) in [4.78, 5) is 11.1. The maximum absolute atomic E-state index is 11.1. The van der Waals surface area contributed by atoms with Crippen LogP contribution in [0.5, 0.6) is 11.5 Å². The van der Waals surface area contributed by atoms with Gasteiger partial charge in [0.2, 0.25) is 0 Å². The van der Waals surface area contributed by atoms with Gasteiger partial charge >= 0.3 is 0 Å². The van der Waals surface area contributed by atoms with Crippen LogP contribution in [0.2, 0.25) is 0 Å². The molecule has 1 aromatic carbocycles. The molecule has 0 N–H and O–H groups in total. The maximum Gasteiger partial charge on any atom is 0.175 e. The van der Waals surface area contributed by atoms with Crippen LogP contribution >= 0.6 is 15.9 Å². The molecule has 1 fully saturated rings. The lowest BCUT2D eigenvalue weighted by atomic mass is 10.1. The Morgan fingerprint density at radius 1 is 1.47 bits per heavy atom. The van der Waals surface area contributed by atoms with Crippen LogP contribution in [-0.4, -0.2) is 19.0 Å². The molecule has 0 unspecified atom stereocenters. The molecule has 0 spiro atoms. The van der Waals surface area contributed by atoms with E-state index in [1.807, 2.05) is 12.1 Å². The van der Waals surface area contributed by atoms with Crippen LogP contribution in [0.3, 0.4) is 0 Å². The van der Waals surface area contributed by atoms with Gasteiger partial charge in [-0.2, -0.15) is 0 Å². The molecule has 0 heterocycles. The molecule has 1 aromatic rings. The largest absolute Gasteiger partial charge is 0.493 e. The van der Waals surface area contributed by atoms with Crippen LogP contribution < -0.4 is 9.47 Å². The Kier molecular flexibility index (Phi) is 3.72. The molecule has 0 saturated heterocycles. The summed E-state index contributed by atoms with van der Waals surface area (Å²) in [6.07, 6.45) is 2.94. The van der Waals surface area contributed by atoms with E-state index in [9.17, 15) is 4.79 Å². The lowest BCUT2D eigenvalue weighted by molar-refractivity contribution is -0.116. The van der Waals surface area contributed by atoms with Crippen molar-refractivity contribution < 1.29 is 14.3 Å². The van der Waals surface area contributed by atoms with Gasteiger partial charge in [-0.3, -0.25) is 4.79 Å². The second-order valence-electron chi connectivity index (χ2n) is 4.31. The van der Waals surface area contributed by atoms with Crippen LogP contribution in [0, 0.1) is 0 Å². The number of ketones is 1. The van der Waals surface area contributed by atoms with Gasteiger partial charge in [-0.15, -0.1) is 0 Å². The normalized spacial score (nSPS) is 14.5. The van der Waals surface area contributed by atoms with Crippen molar-refractivity contribution in [2.45, 2.75) is 32.3 Å². The highest BCUT2D eigenvalue weighted by Crippen LogP contribution is 2.40. The fraction of sp³-hybridized carbons (Fsp3) is 0.462. The molecule has 1 aliphatic carbocycles. The van der Waals surface area contributed by atoms with Crippen molar-refractivity contribution in [3.8, 4) is 11.5 Å². The highest BCUT2D eigenvalue weighted by Gasteiger charge is 2.26. The van der Waals surface area contributed by atoms with E-state index in [0.717, 1.165) is 28.6 Å². The van der Waals surface area contributed by atoms with Crippen LogP contribution in [-0.2, 0) is 11.2 Å². The minimum atomic E-state index is 0.134. The first-order valence-electron chi connectivity index (χ1n) is 5.62. The Bertz CT molecular complexity index is 439. The van der Waals surface area contributed by atoms with Gasteiger partial charge < -0.3 is 9.47 Å². The second kappa shape index (κ2) is 5.08. The van der Waals surface area contributed by atoms with Crippen molar-refractivity contribution >= 4 is 21.7 Å². The molecule has 0 amide bonds. The summed E-state index contributed by atoms with van der Waals surface area (Å²) in [7, 11) is 1.61. The third kappa shape index (κ3) is 3.22. The Hall–Kier alpha value is -1.03. The van der Waals surface area contributed by atoms with Gasteiger partial charge in [0.15, 0.2) is 11.5 Å². The van der Waals surface area contributed by atoms with Gasteiger partial charge in [0.1, 0.15) is 5.78 Å². The van der Waals surface area contributed by atoms with Gasteiger partial charge in [0.25, 0.3) is 0 Å². The number of ether oxygens (including phenoxy) is 2. The van der Waals surface area contributed by atoms with E-state index >= 15 is 0 Å².